The van der Waals surface area contributed by atoms with Crippen molar-refractivity contribution >= 4 is 17.2 Å². The largest absolute Gasteiger partial charge is 0.481 e. The molecule has 1 N–H and O–H groups in total. The van der Waals surface area contributed by atoms with Crippen LogP contribution in [0.5, 0.6) is 5.88 Å². The van der Waals surface area contributed by atoms with Gasteiger partial charge in [0.1, 0.15) is 9.88 Å². The van der Waals surface area contributed by atoms with E-state index in [0.29, 0.717) is 22.8 Å². The molecule has 0 bridgehead atoms. The highest BCUT2D eigenvalue weighted by Crippen LogP contribution is 2.40. The Hall–Kier alpha value is -3.01. The maximum atomic E-state index is 13.7. The zero-order valence-corrected chi connectivity index (χ0v) is 18.8. The number of methoxy groups -OCH3 is 1. The van der Waals surface area contributed by atoms with E-state index in [0.717, 1.165) is 37.7 Å². The first-order valence-electron chi connectivity index (χ1n) is 10.6. The Kier molecular flexibility index (Phi) is 6.64. The zero-order chi connectivity index (χ0) is 23.5. The van der Waals surface area contributed by atoms with E-state index in [2.05, 4.69) is 20.3 Å². The van der Waals surface area contributed by atoms with E-state index in [9.17, 15) is 18.0 Å². The minimum atomic E-state index is -4.76. The Morgan fingerprint density at radius 1 is 1.18 bits per heavy atom. The minimum absolute atomic E-state index is 0.0715. The number of hydrogen-bond acceptors (Lipinski definition) is 6. The fraction of sp³-hybridized carbons (Fsp3) is 0.391. The minimum Gasteiger partial charge on any atom is -0.481 e. The Morgan fingerprint density at radius 3 is 2.58 bits per heavy atom. The third kappa shape index (κ3) is 5.00. The summed E-state index contributed by atoms with van der Waals surface area (Å²) >= 11 is 0.706. The fourth-order valence-corrected chi connectivity index (χ4v) is 5.21. The fourth-order valence-electron chi connectivity index (χ4n) is 4.22. The van der Waals surface area contributed by atoms with Crippen molar-refractivity contribution in [2.24, 2.45) is 0 Å². The number of halogens is 3. The summed E-state index contributed by atoms with van der Waals surface area (Å²) in [6.45, 7) is 0.242. The molecule has 3 aromatic heterocycles. The van der Waals surface area contributed by atoms with E-state index in [-0.39, 0.29) is 17.0 Å². The number of hydrogen-bond donors (Lipinski definition) is 1. The summed E-state index contributed by atoms with van der Waals surface area (Å²) in [7, 11) is 1.44. The molecular weight excluding hydrogens is 453 g/mol. The summed E-state index contributed by atoms with van der Waals surface area (Å²) in [4.78, 5) is 24.5. The van der Waals surface area contributed by atoms with Crippen LogP contribution in [0.2, 0.25) is 0 Å². The summed E-state index contributed by atoms with van der Waals surface area (Å²) in [5.74, 6) is -0.445. The van der Waals surface area contributed by atoms with Crippen LogP contribution >= 0.6 is 11.3 Å². The molecule has 0 radical (unpaired) electrons. The van der Waals surface area contributed by atoms with Gasteiger partial charge in [-0.15, -0.1) is 11.3 Å². The number of aromatic nitrogens is 3. The summed E-state index contributed by atoms with van der Waals surface area (Å²) in [5, 5.41) is 2.84. The number of thiazole rings is 1. The molecule has 1 aliphatic carbocycles. The van der Waals surface area contributed by atoms with Crippen LogP contribution in [0.4, 0.5) is 13.2 Å². The van der Waals surface area contributed by atoms with Crippen molar-refractivity contribution in [3.63, 3.8) is 0 Å². The van der Waals surface area contributed by atoms with Crippen molar-refractivity contribution in [3.05, 3.63) is 59.0 Å². The number of carbonyl (C=O) groups is 1. The molecule has 0 aromatic carbocycles. The van der Waals surface area contributed by atoms with Crippen LogP contribution < -0.4 is 10.1 Å². The van der Waals surface area contributed by atoms with Gasteiger partial charge in [-0.25, -0.2) is 9.97 Å². The van der Waals surface area contributed by atoms with E-state index in [4.69, 9.17) is 4.74 Å². The zero-order valence-electron chi connectivity index (χ0n) is 18.0. The Morgan fingerprint density at radius 2 is 1.97 bits per heavy atom. The highest BCUT2D eigenvalue weighted by atomic mass is 32.1. The van der Waals surface area contributed by atoms with Crippen LogP contribution in [-0.2, 0) is 11.6 Å². The predicted octanol–water partition coefficient (Wildman–Crippen LogP) is 5.26. The van der Waals surface area contributed by atoms with E-state index < -0.39 is 22.7 Å². The van der Waals surface area contributed by atoms with E-state index in [1.165, 1.54) is 19.4 Å². The molecule has 1 fully saturated rings. The van der Waals surface area contributed by atoms with Gasteiger partial charge in [0.25, 0.3) is 5.91 Å². The summed E-state index contributed by atoms with van der Waals surface area (Å²) in [5.41, 5.74) is -0.150. The normalized spacial score (nSPS) is 15.8. The summed E-state index contributed by atoms with van der Waals surface area (Å²) in [6.07, 6.45) is 4.85. The molecule has 0 aliphatic heterocycles. The van der Waals surface area contributed by atoms with Gasteiger partial charge in [0.05, 0.1) is 7.11 Å². The summed E-state index contributed by atoms with van der Waals surface area (Å²) < 4.78 is 46.1. The van der Waals surface area contributed by atoms with Crippen molar-refractivity contribution in [1.29, 1.82) is 0 Å². The van der Waals surface area contributed by atoms with E-state index >= 15 is 0 Å². The quantitative estimate of drug-likeness (QED) is 0.525. The van der Waals surface area contributed by atoms with Crippen molar-refractivity contribution in [3.8, 4) is 16.5 Å². The number of nitrogens with one attached hydrogen (secondary N) is 1. The van der Waals surface area contributed by atoms with Crippen molar-refractivity contribution in [2.45, 2.75) is 43.7 Å². The molecule has 1 amide bonds. The molecule has 33 heavy (non-hydrogen) atoms. The van der Waals surface area contributed by atoms with Gasteiger partial charge in [0.2, 0.25) is 5.88 Å². The van der Waals surface area contributed by atoms with Crippen molar-refractivity contribution in [1.82, 2.24) is 20.3 Å². The second-order valence-corrected chi connectivity index (χ2v) is 9.05. The lowest BCUT2D eigenvalue weighted by atomic mass is 9.70. The second-order valence-electron chi connectivity index (χ2n) is 8.05. The standard InChI is InChI=1S/C23H23F3N4O2S/c1-32-17-8-7-15(12-28-17)21-30-19(23(24,25)26)18(33-21)20(31)29-14-22(9-3-2-4-10-22)16-6-5-11-27-13-16/h5-8,11-13H,2-4,9-10,14H2,1H3,(H,29,31). The molecule has 1 saturated carbocycles. The first-order valence-corrected chi connectivity index (χ1v) is 11.4. The number of nitrogens with zero attached hydrogens (tertiary/aromatic N) is 3. The van der Waals surface area contributed by atoms with Crippen molar-refractivity contribution < 1.29 is 22.7 Å². The maximum absolute atomic E-state index is 13.7. The molecule has 0 saturated heterocycles. The van der Waals surface area contributed by atoms with E-state index in [1.54, 1.807) is 18.5 Å². The van der Waals surface area contributed by atoms with Gasteiger partial charge >= 0.3 is 6.18 Å². The lowest BCUT2D eigenvalue weighted by Crippen LogP contribution is -2.42. The molecule has 6 nitrogen and oxygen atoms in total. The van der Waals surface area contributed by atoms with E-state index in [1.807, 2.05) is 12.1 Å². The molecule has 0 unspecified atom stereocenters. The topological polar surface area (TPSA) is 77.0 Å². The highest BCUT2D eigenvalue weighted by Gasteiger charge is 2.41. The first kappa shape index (κ1) is 23.2. The van der Waals surface area contributed by atoms with Crippen LogP contribution in [0.25, 0.3) is 10.6 Å². The number of ether oxygens (including phenoxy) is 1. The highest BCUT2D eigenvalue weighted by molar-refractivity contribution is 7.17. The Balaban J connectivity index is 1.61. The lowest BCUT2D eigenvalue weighted by molar-refractivity contribution is -0.141. The molecule has 1 aliphatic rings. The molecule has 10 heteroatoms. The van der Waals surface area contributed by atoms with Crippen LogP contribution in [0, 0.1) is 0 Å². The number of carbonyl (C=O) groups excluding carboxylic acids is 1. The van der Waals surface area contributed by atoms with Gasteiger partial charge < -0.3 is 10.1 Å². The Bertz CT molecular complexity index is 1100. The molecule has 3 aromatic rings. The average Bonchev–Trinajstić information content (AvgIpc) is 3.30. The van der Waals surface area contributed by atoms with Gasteiger partial charge in [-0.1, -0.05) is 25.3 Å². The van der Waals surface area contributed by atoms with Gasteiger partial charge in [-0.05, 0) is 30.5 Å². The van der Waals surface area contributed by atoms with Crippen LogP contribution in [-0.4, -0.2) is 34.5 Å². The van der Waals surface area contributed by atoms with Crippen LogP contribution in [0.1, 0.15) is 53.0 Å². The van der Waals surface area contributed by atoms with Crippen LogP contribution in [0.15, 0.2) is 42.9 Å². The molecule has 3 heterocycles. The van der Waals surface area contributed by atoms with Crippen molar-refractivity contribution in [2.75, 3.05) is 13.7 Å². The molecule has 174 valence electrons. The molecule has 0 spiro atoms. The number of amides is 1. The lowest BCUT2D eigenvalue weighted by Gasteiger charge is -2.37. The predicted molar refractivity (Wildman–Crippen MR) is 118 cm³/mol. The van der Waals surface area contributed by atoms with Crippen LogP contribution in [0.3, 0.4) is 0 Å². The SMILES string of the molecule is COc1ccc(-c2nc(C(F)(F)F)c(C(=O)NCC3(c4cccnc4)CCCCC3)s2)cn1. The smallest absolute Gasteiger partial charge is 0.435 e. The van der Waals surface area contributed by atoms with Gasteiger partial charge in [0, 0.05) is 42.2 Å². The molecular formula is C23H23F3N4O2S. The second kappa shape index (κ2) is 9.46. The molecule has 0 atom stereocenters. The average molecular weight is 477 g/mol. The summed E-state index contributed by atoms with van der Waals surface area (Å²) in [6, 6.07) is 6.90. The number of rotatable bonds is 6. The van der Waals surface area contributed by atoms with Gasteiger partial charge in [0.15, 0.2) is 5.69 Å². The number of alkyl halides is 3. The Labute approximate surface area is 193 Å². The third-order valence-corrected chi connectivity index (χ3v) is 7.07. The molecule has 4 rings (SSSR count). The third-order valence-electron chi connectivity index (χ3n) is 5.97. The first-order chi connectivity index (χ1) is 15.8. The monoisotopic (exact) mass is 476 g/mol. The van der Waals surface area contributed by atoms with Gasteiger partial charge in [-0.2, -0.15) is 13.2 Å². The maximum Gasteiger partial charge on any atom is 0.435 e. The van der Waals surface area contributed by atoms with Gasteiger partial charge in [-0.3, -0.25) is 9.78 Å². The number of pyridine rings is 2.